The van der Waals surface area contributed by atoms with Crippen LogP contribution in [0.4, 0.5) is 0 Å². The van der Waals surface area contributed by atoms with E-state index < -0.39 is 0 Å². The molecule has 118 valence electrons. The third-order valence-corrected chi connectivity index (χ3v) is 4.28. The second-order valence-corrected chi connectivity index (χ2v) is 6.05. The minimum atomic E-state index is -0.121. The standard InChI is InChI=1S/C18H14N4OS/c23-18(14-5-3-4-13(8-14)16-11-24-12-20-16)19-9-15-10-22-7-2-1-6-17(22)21-15/h1-8,10-12H,9H2,(H,19,23). The van der Waals surface area contributed by atoms with Gasteiger partial charge in [-0.15, -0.1) is 11.3 Å². The molecule has 0 radical (unpaired) electrons. The van der Waals surface area contributed by atoms with Crippen LogP contribution in [0.2, 0.25) is 0 Å². The summed E-state index contributed by atoms with van der Waals surface area (Å²) < 4.78 is 1.93. The van der Waals surface area contributed by atoms with E-state index in [0.717, 1.165) is 22.6 Å². The van der Waals surface area contributed by atoms with Crippen molar-refractivity contribution in [3.63, 3.8) is 0 Å². The zero-order valence-corrected chi connectivity index (χ0v) is 13.5. The number of nitrogens with zero attached hydrogens (tertiary/aromatic N) is 3. The molecule has 0 aliphatic heterocycles. The summed E-state index contributed by atoms with van der Waals surface area (Å²) in [5.41, 5.74) is 5.92. The fourth-order valence-electron chi connectivity index (χ4n) is 2.52. The van der Waals surface area contributed by atoms with Crippen molar-refractivity contribution in [1.29, 1.82) is 0 Å². The van der Waals surface area contributed by atoms with Gasteiger partial charge in [0.1, 0.15) is 5.65 Å². The molecule has 6 heteroatoms. The van der Waals surface area contributed by atoms with Crippen molar-refractivity contribution >= 4 is 22.9 Å². The van der Waals surface area contributed by atoms with Gasteiger partial charge in [-0.1, -0.05) is 18.2 Å². The summed E-state index contributed by atoms with van der Waals surface area (Å²) in [5, 5.41) is 4.88. The van der Waals surface area contributed by atoms with Gasteiger partial charge in [-0.2, -0.15) is 0 Å². The highest BCUT2D eigenvalue weighted by Crippen LogP contribution is 2.20. The highest BCUT2D eigenvalue weighted by molar-refractivity contribution is 7.07. The summed E-state index contributed by atoms with van der Waals surface area (Å²) in [4.78, 5) is 21.1. The maximum atomic E-state index is 12.4. The van der Waals surface area contributed by atoms with E-state index in [-0.39, 0.29) is 5.91 Å². The zero-order chi connectivity index (χ0) is 16.4. The Morgan fingerprint density at radius 1 is 1.21 bits per heavy atom. The zero-order valence-electron chi connectivity index (χ0n) is 12.7. The van der Waals surface area contributed by atoms with Gasteiger partial charge in [0.25, 0.3) is 5.91 Å². The van der Waals surface area contributed by atoms with Gasteiger partial charge in [0.2, 0.25) is 0 Å². The lowest BCUT2D eigenvalue weighted by Crippen LogP contribution is -2.22. The Bertz CT molecular complexity index is 958. The van der Waals surface area contributed by atoms with E-state index in [1.165, 1.54) is 11.3 Å². The van der Waals surface area contributed by atoms with Gasteiger partial charge < -0.3 is 9.72 Å². The fraction of sp³-hybridized carbons (Fsp3) is 0.0556. The third-order valence-electron chi connectivity index (χ3n) is 3.70. The van der Waals surface area contributed by atoms with Crippen LogP contribution < -0.4 is 5.32 Å². The van der Waals surface area contributed by atoms with Crippen molar-refractivity contribution < 1.29 is 4.79 Å². The van der Waals surface area contributed by atoms with Crippen LogP contribution in [-0.4, -0.2) is 20.3 Å². The lowest BCUT2D eigenvalue weighted by molar-refractivity contribution is 0.0950. The molecule has 0 bridgehead atoms. The van der Waals surface area contributed by atoms with Crippen LogP contribution >= 0.6 is 11.3 Å². The molecule has 0 aliphatic carbocycles. The first-order valence-electron chi connectivity index (χ1n) is 7.49. The normalized spacial score (nSPS) is 10.8. The van der Waals surface area contributed by atoms with E-state index in [1.807, 2.05) is 58.6 Å². The van der Waals surface area contributed by atoms with Gasteiger partial charge >= 0.3 is 0 Å². The summed E-state index contributed by atoms with van der Waals surface area (Å²) in [7, 11) is 0. The second-order valence-electron chi connectivity index (χ2n) is 5.34. The van der Waals surface area contributed by atoms with Gasteiger partial charge in [0.15, 0.2) is 0 Å². The van der Waals surface area contributed by atoms with Crippen LogP contribution in [0, 0.1) is 0 Å². The molecule has 0 unspecified atom stereocenters. The fourth-order valence-corrected chi connectivity index (χ4v) is 3.08. The minimum absolute atomic E-state index is 0.121. The maximum absolute atomic E-state index is 12.4. The van der Waals surface area contributed by atoms with Crippen molar-refractivity contribution in [2.75, 3.05) is 0 Å². The van der Waals surface area contributed by atoms with E-state index in [1.54, 1.807) is 11.6 Å². The number of nitrogens with one attached hydrogen (secondary N) is 1. The SMILES string of the molecule is O=C(NCc1cn2ccccc2n1)c1cccc(-c2cscn2)c1. The number of amides is 1. The van der Waals surface area contributed by atoms with E-state index in [0.29, 0.717) is 12.1 Å². The molecule has 3 aromatic heterocycles. The number of hydrogen-bond acceptors (Lipinski definition) is 4. The topological polar surface area (TPSA) is 59.3 Å². The minimum Gasteiger partial charge on any atom is -0.346 e. The smallest absolute Gasteiger partial charge is 0.251 e. The van der Waals surface area contributed by atoms with Crippen molar-refractivity contribution in [1.82, 2.24) is 19.7 Å². The third kappa shape index (κ3) is 2.91. The van der Waals surface area contributed by atoms with Gasteiger partial charge in [-0.25, -0.2) is 9.97 Å². The highest BCUT2D eigenvalue weighted by atomic mass is 32.1. The molecular formula is C18H14N4OS. The molecule has 1 aromatic carbocycles. The monoisotopic (exact) mass is 334 g/mol. The lowest BCUT2D eigenvalue weighted by Gasteiger charge is -2.05. The molecule has 0 saturated carbocycles. The van der Waals surface area contributed by atoms with Crippen LogP contribution in [0.5, 0.6) is 0 Å². The number of hydrogen-bond donors (Lipinski definition) is 1. The van der Waals surface area contributed by atoms with Crippen LogP contribution in [0.25, 0.3) is 16.9 Å². The quantitative estimate of drug-likeness (QED) is 0.622. The number of rotatable bonds is 4. The molecule has 5 nitrogen and oxygen atoms in total. The molecule has 4 rings (SSSR count). The van der Waals surface area contributed by atoms with Gasteiger partial charge in [0, 0.05) is 28.9 Å². The van der Waals surface area contributed by atoms with Gasteiger partial charge in [-0.05, 0) is 24.3 Å². The first-order chi connectivity index (χ1) is 11.8. The van der Waals surface area contributed by atoms with Gasteiger partial charge in [0.05, 0.1) is 23.4 Å². The Balaban J connectivity index is 1.49. The molecular weight excluding hydrogens is 320 g/mol. The highest BCUT2D eigenvalue weighted by Gasteiger charge is 2.09. The van der Waals surface area contributed by atoms with Crippen molar-refractivity contribution in [3.8, 4) is 11.3 Å². The Kier molecular flexibility index (Phi) is 3.80. The van der Waals surface area contributed by atoms with Gasteiger partial charge in [-0.3, -0.25) is 4.79 Å². The largest absolute Gasteiger partial charge is 0.346 e. The Morgan fingerprint density at radius 3 is 3.00 bits per heavy atom. The average Bonchev–Trinajstić information content (AvgIpc) is 3.29. The maximum Gasteiger partial charge on any atom is 0.251 e. The molecule has 1 N–H and O–H groups in total. The van der Waals surface area contributed by atoms with Crippen LogP contribution in [-0.2, 0) is 6.54 Å². The summed E-state index contributed by atoms with van der Waals surface area (Å²) in [6.07, 6.45) is 3.85. The number of fused-ring (bicyclic) bond motifs is 1. The molecule has 0 aliphatic rings. The molecule has 0 spiro atoms. The van der Waals surface area contributed by atoms with E-state index >= 15 is 0 Å². The molecule has 0 atom stereocenters. The Labute approximate surface area is 142 Å². The van der Waals surface area contributed by atoms with Crippen LogP contribution in [0.15, 0.2) is 65.7 Å². The number of imidazole rings is 1. The van der Waals surface area contributed by atoms with E-state index in [4.69, 9.17) is 0 Å². The molecule has 4 aromatic rings. The molecule has 24 heavy (non-hydrogen) atoms. The summed E-state index contributed by atoms with van der Waals surface area (Å²) in [6.45, 7) is 0.390. The van der Waals surface area contributed by atoms with E-state index in [9.17, 15) is 4.79 Å². The number of carbonyl (C=O) groups is 1. The van der Waals surface area contributed by atoms with E-state index in [2.05, 4.69) is 15.3 Å². The predicted octanol–water partition coefficient (Wildman–Crippen LogP) is 3.39. The predicted molar refractivity (Wildman–Crippen MR) is 93.9 cm³/mol. The first-order valence-corrected chi connectivity index (χ1v) is 8.43. The average molecular weight is 334 g/mol. The van der Waals surface area contributed by atoms with Crippen LogP contribution in [0.1, 0.15) is 16.1 Å². The molecule has 3 heterocycles. The second kappa shape index (κ2) is 6.25. The Morgan fingerprint density at radius 2 is 2.17 bits per heavy atom. The summed E-state index contributed by atoms with van der Waals surface area (Å²) in [5.74, 6) is -0.121. The van der Waals surface area contributed by atoms with Crippen molar-refractivity contribution in [2.24, 2.45) is 0 Å². The van der Waals surface area contributed by atoms with Crippen molar-refractivity contribution in [3.05, 3.63) is 77.0 Å². The number of aromatic nitrogens is 3. The number of carbonyl (C=O) groups excluding carboxylic acids is 1. The summed E-state index contributed by atoms with van der Waals surface area (Å²) >= 11 is 1.54. The van der Waals surface area contributed by atoms with Crippen LogP contribution in [0.3, 0.4) is 0 Å². The number of pyridine rings is 1. The number of benzene rings is 1. The molecule has 0 fully saturated rings. The Hall–Kier alpha value is -2.99. The molecule has 0 saturated heterocycles. The lowest BCUT2D eigenvalue weighted by atomic mass is 10.1. The molecule has 1 amide bonds. The van der Waals surface area contributed by atoms with Crippen molar-refractivity contribution in [2.45, 2.75) is 6.54 Å². The summed E-state index contributed by atoms with van der Waals surface area (Å²) in [6, 6.07) is 13.3. The first kappa shape index (κ1) is 14.6. The number of thiazole rings is 1.